The van der Waals surface area contributed by atoms with Crippen LogP contribution in [0.25, 0.3) is 16.7 Å². The highest BCUT2D eigenvalue weighted by molar-refractivity contribution is 9.10. The van der Waals surface area contributed by atoms with Crippen molar-refractivity contribution in [2.45, 2.75) is 19.4 Å². The summed E-state index contributed by atoms with van der Waals surface area (Å²) in [6, 6.07) is 9.43. The number of halogens is 1. The minimum atomic E-state index is -0.287. The zero-order valence-electron chi connectivity index (χ0n) is 18.7. The van der Waals surface area contributed by atoms with Crippen LogP contribution in [0.3, 0.4) is 0 Å². The van der Waals surface area contributed by atoms with Crippen LogP contribution in [0, 0.1) is 0 Å². The fourth-order valence-corrected chi connectivity index (χ4v) is 4.74. The maximum absolute atomic E-state index is 12.9. The van der Waals surface area contributed by atoms with E-state index in [9.17, 15) is 4.79 Å². The van der Waals surface area contributed by atoms with Gasteiger partial charge in [-0.2, -0.15) is 4.98 Å². The topological polar surface area (TPSA) is 83.1 Å². The predicted molar refractivity (Wildman–Crippen MR) is 129 cm³/mol. The molecule has 0 aliphatic carbocycles. The monoisotopic (exact) mass is 513 g/mol. The molecule has 0 spiro atoms. The van der Waals surface area contributed by atoms with Gasteiger partial charge in [-0.15, -0.1) is 5.10 Å². The van der Waals surface area contributed by atoms with Gasteiger partial charge in [-0.25, -0.2) is 9.08 Å². The van der Waals surface area contributed by atoms with Gasteiger partial charge in [0.2, 0.25) is 17.5 Å². The van der Waals surface area contributed by atoms with Crippen LogP contribution in [0.2, 0.25) is 0 Å². The molecule has 0 saturated carbocycles. The van der Waals surface area contributed by atoms with Gasteiger partial charge in [-0.05, 0) is 48.7 Å². The van der Waals surface area contributed by atoms with E-state index in [2.05, 4.69) is 25.8 Å². The number of methoxy groups -OCH3 is 3. The molecule has 9 nitrogen and oxygen atoms in total. The zero-order valence-corrected chi connectivity index (χ0v) is 20.3. The molecule has 1 aliphatic rings. The van der Waals surface area contributed by atoms with Crippen LogP contribution in [-0.2, 0) is 6.54 Å². The maximum atomic E-state index is 12.9. The molecule has 4 aromatic rings. The summed E-state index contributed by atoms with van der Waals surface area (Å²) >= 11 is 3.46. The summed E-state index contributed by atoms with van der Waals surface area (Å²) in [5, 5.41) is 5.46. The highest BCUT2D eigenvalue weighted by Crippen LogP contribution is 2.38. The van der Waals surface area contributed by atoms with Gasteiger partial charge in [0.1, 0.15) is 0 Å². The lowest BCUT2D eigenvalue weighted by molar-refractivity contribution is 0.323. The van der Waals surface area contributed by atoms with Crippen LogP contribution in [0.5, 0.6) is 17.2 Å². The Morgan fingerprint density at radius 3 is 2.33 bits per heavy atom. The number of fused-ring (bicyclic) bond motifs is 3. The Balaban J connectivity index is 1.72. The third-order valence-corrected chi connectivity index (χ3v) is 6.41. The first kappa shape index (κ1) is 21.6. The van der Waals surface area contributed by atoms with E-state index < -0.39 is 0 Å². The summed E-state index contributed by atoms with van der Waals surface area (Å²) in [5.41, 5.74) is 1.38. The van der Waals surface area contributed by atoms with Gasteiger partial charge in [0, 0.05) is 17.6 Å². The second kappa shape index (κ2) is 8.58. The van der Waals surface area contributed by atoms with E-state index in [4.69, 9.17) is 19.3 Å². The SMILES string of the molecule is COc1cc(Cn2nc(N3CCCC3)n3c4ccc(Br)cc4c(=O)nc23)cc(OC)c1OC. The first-order valence-corrected chi connectivity index (χ1v) is 11.5. The molecule has 33 heavy (non-hydrogen) atoms. The molecule has 2 aromatic heterocycles. The normalized spacial score (nSPS) is 13.8. The Kier molecular flexibility index (Phi) is 5.61. The Hall–Kier alpha value is -3.27. The van der Waals surface area contributed by atoms with Crippen LogP contribution in [0.15, 0.2) is 39.6 Å². The fourth-order valence-electron chi connectivity index (χ4n) is 4.38. The van der Waals surface area contributed by atoms with Gasteiger partial charge < -0.3 is 19.1 Å². The van der Waals surface area contributed by atoms with Crippen molar-refractivity contribution in [3.8, 4) is 17.2 Å². The average molecular weight is 514 g/mol. The predicted octanol–water partition coefficient (Wildman–Crippen LogP) is 3.48. The Morgan fingerprint density at radius 1 is 1.00 bits per heavy atom. The summed E-state index contributed by atoms with van der Waals surface area (Å²) < 4.78 is 21.0. The van der Waals surface area contributed by atoms with Crippen molar-refractivity contribution in [3.05, 3.63) is 50.7 Å². The molecule has 0 atom stereocenters. The van der Waals surface area contributed by atoms with Crippen molar-refractivity contribution in [2.75, 3.05) is 39.3 Å². The van der Waals surface area contributed by atoms with Gasteiger partial charge >= 0.3 is 0 Å². The Morgan fingerprint density at radius 2 is 1.70 bits per heavy atom. The van der Waals surface area contributed by atoms with Crippen molar-refractivity contribution in [1.29, 1.82) is 0 Å². The standard InChI is InChI=1S/C23H24BrN5O4/c1-31-18-10-14(11-19(32-2)20(18)33-3)13-28-22-25-21(30)16-12-15(24)6-7-17(16)29(22)23(26-28)27-8-4-5-9-27/h6-7,10-12H,4-5,8-9,13H2,1-3H3. The van der Waals surface area contributed by atoms with Crippen LogP contribution in [0.4, 0.5) is 5.95 Å². The molecule has 172 valence electrons. The van der Waals surface area contributed by atoms with Crippen LogP contribution >= 0.6 is 15.9 Å². The number of nitrogens with zero attached hydrogens (tertiary/aromatic N) is 5. The summed E-state index contributed by atoms with van der Waals surface area (Å²) in [6.45, 7) is 2.21. The number of benzene rings is 2. The Bertz CT molecular complexity index is 1380. The van der Waals surface area contributed by atoms with Crippen molar-refractivity contribution in [1.82, 2.24) is 19.2 Å². The van der Waals surface area contributed by atoms with Gasteiger partial charge in [-0.3, -0.25) is 4.79 Å². The molecular formula is C23H24BrN5O4. The van der Waals surface area contributed by atoms with E-state index in [1.807, 2.05) is 28.7 Å². The molecule has 0 unspecified atom stereocenters. The minimum Gasteiger partial charge on any atom is -0.493 e. The van der Waals surface area contributed by atoms with E-state index in [-0.39, 0.29) is 5.56 Å². The van der Waals surface area contributed by atoms with E-state index in [1.165, 1.54) is 0 Å². The van der Waals surface area contributed by atoms with Crippen molar-refractivity contribution in [3.63, 3.8) is 0 Å². The van der Waals surface area contributed by atoms with E-state index in [0.717, 1.165) is 47.4 Å². The fraction of sp³-hybridized carbons (Fsp3) is 0.348. The highest BCUT2D eigenvalue weighted by atomic mass is 79.9. The summed E-state index contributed by atoms with van der Waals surface area (Å²) in [7, 11) is 4.74. The quantitative estimate of drug-likeness (QED) is 0.390. The molecule has 0 N–H and O–H groups in total. The van der Waals surface area contributed by atoms with Gasteiger partial charge in [0.05, 0.1) is 38.8 Å². The lowest BCUT2D eigenvalue weighted by Crippen LogP contribution is -2.21. The third-order valence-electron chi connectivity index (χ3n) is 5.92. The summed E-state index contributed by atoms with van der Waals surface area (Å²) in [4.78, 5) is 19.6. The zero-order chi connectivity index (χ0) is 23.1. The van der Waals surface area contributed by atoms with Crippen LogP contribution < -0.4 is 24.7 Å². The van der Waals surface area contributed by atoms with E-state index >= 15 is 0 Å². The van der Waals surface area contributed by atoms with E-state index in [1.54, 1.807) is 32.1 Å². The van der Waals surface area contributed by atoms with Gasteiger partial charge in [0.15, 0.2) is 11.5 Å². The molecule has 2 aromatic carbocycles. The number of aromatic nitrogens is 4. The second-order valence-electron chi connectivity index (χ2n) is 7.90. The Labute approximate surface area is 198 Å². The van der Waals surface area contributed by atoms with Gasteiger partial charge in [-0.1, -0.05) is 15.9 Å². The number of hydrogen-bond acceptors (Lipinski definition) is 7. The summed E-state index contributed by atoms with van der Waals surface area (Å²) in [5.74, 6) is 2.92. The number of anilines is 1. The molecule has 0 radical (unpaired) electrons. The van der Waals surface area contributed by atoms with E-state index in [0.29, 0.717) is 35.0 Å². The molecule has 5 rings (SSSR count). The van der Waals surface area contributed by atoms with Crippen molar-refractivity contribution in [2.24, 2.45) is 0 Å². The molecule has 0 bridgehead atoms. The van der Waals surface area contributed by atoms with Crippen molar-refractivity contribution < 1.29 is 14.2 Å². The lowest BCUT2D eigenvalue weighted by Gasteiger charge is -2.15. The number of hydrogen-bond donors (Lipinski definition) is 0. The lowest BCUT2D eigenvalue weighted by atomic mass is 10.2. The van der Waals surface area contributed by atoms with Gasteiger partial charge in [0.25, 0.3) is 5.56 Å². The smallest absolute Gasteiger partial charge is 0.282 e. The molecule has 1 fully saturated rings. The number of ether oxygens (including phenoxy) is 3. The molecule has 10 heteroatoms. The first-order valence-electron chi connectivity index (χ1n) is 10.7. The molecular weight excluding hydrogens is 490 g/mol. The highest BCUT2D eigenvalue weighted by Gasteiger charge is 2.23. The summed E-state index contributed by atoms with van der Waals surface area (Å²) in [6.07, 6.45) is 2.22. The second-order valence-corrected chi connectivity index (χ2v) is 8.81. The van der Waals surface area contributed by atoms with Crippen molar-refractivity contribution >= 4 is 38.6 Å². The molecule has 1 saturated heterocycles. The maximum Gasteiger partial charge on any atom is 0.282 e. The molecule has 1 aliphatic heterocycles. The van der Waals surface area contributed by atoms with Crippen LogP contribution in [-0.4, -0.2) is 53.6 Å². The minimum absolute atomic E-state index is 0.287. The molecule has 3 heterocycles. The molecule has 0 amide bonds. The number of rotatable bonds is 6. The van der Waals surface area contributed by atoms with Crippen LogP contribution in [0.1, 0.15) is 18.4 Å². The first-order chi connectivity index (χ1) is 16.0. The average Bonchev–Trinajstić information content (AvgIpc) is 3.47. The largest absolute Gasteiger partial charge is 0.493 e. The third kappa shape index (κ3) is 3.68.